The van der Waals surface area contributed by atoms with E-state index in [-0.39, 0.29) is 17.7 Å². The van der Waals surface area contributed by atoms with Crippen LogP contribution in [0.2, 0.25) is 0 Å². The molecule has 4 rings (SSSR count). The predicted molar refractivity (Wildman–Crippen MR) is 125 cm³/mol. The van der Waals surface area contributed by atoms with Crippen molar-refractivity contribution in [2.75, 3.05) is 19.1 Å². The van der Waals surface area contributed by atoms with Crippen LogP contribution in [0.3, 0.4) is 0 Å². The molecule has 3 aromatic rings. The van der Waals surface area contributed by atoms with Gasteiger partial charge in [0.1, 0.15) is 6.04 Å². The number of carbonyl (C=O) groups is 2. The number of nitrogens with zero attached hydrogens (tertiary/aromatic N) is 1. The second-order valence-corrected chi connectivity index (χ2v) is 7.99. The fraction of sp³-hybridized carbons (Fsp3) is 0.308. The quantitative estimate of drug-likeness (QED) is 0.538. The lowest BCUT2D eigenvalue weighted by molar-refractivity contribution is -0.123. The van der Waals surface area contributed by atoms with Crippen LogP contribution < -0.4 is 19.7 Å². The van der Waals surface area contributed by atoms with Gasteiger partial charge in [-0.3, -0.25) is 14.5 Å². The van der Waals surface area contributed by atoms with Gasteiger partial charge in [-0.15, -0.1) is 0 Å². The molecule has 1 N–H and O–H groups in total. The van der Waals surface area contributed by atoms with E-state index in [4.69, 9.17) is 13.9 Å². The SMILES string of the molecule is COc1ccc([C@@H](C(=O)NC2CCCC2)N(C(=O)c2ccco2)c2ccccc2)cc1OC. The molecule has 0 saturated heterocycles. The van der Waals surface area contributed by atoms with E-state index in [0.29, 0.717) is 22.7 Å². The van der Waals surface area contributed by atoms with Gasteiger partial charge in [-0.1, -0.05) is 37.1 Å². The standard InChI is InChI=1S/C26H28N2O5/c1-31-21-15-14-18(17-23(21)32-2)24(25(29)27-19-9-6-7-10-19)28(20-11-4-3-5-12-20)26(30)22-13-8-16-33-22/h3-5,8,11-17,19,24H,6-7,9-10H2,1-2H3,(H,27,29)/t24-/m0/s1. The summed E-state index contributed by atoms with van der Waals surface area (Å²) in [6, 6.07) is 16.8. The summed E-state index contributed by atoms with van der Waals surface area (Å²) in [5, 5.41) is 3.16. The van der Waals surface area contributed by atoms with Crippen LogP contribution in [-0.2, 0) is 4.79 Å². The molecule has 0 aliphatic heterocycles. The molecular formula is C26H28N2O5. The Morgan fingerprint density at radius 2 is 1.70 bits per heavy atom. The lowest BCUT2D eigenvalue weighted by Gasteiger charge is -2.32. The van der Waals surface area contributed by atoms with Crippen molar-refractivity contribution in [3.63, 3.8) is 0 Å². The van der Waals surface area contributed by atoms with Gasteiger partial charge in [-0.25, -0.2) is 0 Å². The Morgan fingerprint density at radius 3 is 2.33 bits per heavy atom. The van der Waals surface area contributed by atoms with Gasteiger partial charge in [-0.05, 0) is 54.8 Å². The van der Waals surface area contributed by atoms with E-state index in [1.54, 1.807) is 49.6 Å². The number of nitrogens with one attached hydrogen (secondary N) is 1. The zero-order valence-corrected chi connectivity index (χ0v) is 18.8. The molecular weight excluding hydrogens is 420 g/mol. The monoisotopic (exact) mass is 448 g/mol. The number of benzene rings is 2. The van der Waals surface area contributed by atoms with Crippen molar-refractivity contribution in [3.05, 3.63) is 78.3 Å². The molecule has 1 aliphatic carbocycles. The number of rotatable bonds is 8. The van der Waals surface area contributed by atoms with Crippen molar-refractivity contribution in [2.45, 2.75) is 37.8 Å². The maximum atomic E-state index is 13.7. The van der Waals surface area contributed by atoms with E-state index in [1.165, 1.54) is 18.3 Å². The summed E-state index contributed by atoms with van der Waals surface area (Å²) in [5.74, 6) is 0.510. The number of methoxy groups -OCH3 is 2. The Kier molecular flexibility index (Phi) is 6.98. The van der Waals surface area contributed by atoms with Crippen LogP contribution in [0.5, 0.6) is 11.5 Å². The minimum absolute atomic E-state index is 0.0940. The van der Waals surface area contributed by atoms with E-state index in [1.807, 2.05) is 18.2 Å². The van der Waals surface area contributed by atoms with Crippen molar-refractivity contribution < 1.29 is 23.5 Å². The van der Waals surface area contributed by atoms with Gasteiger partial charge in [0, 0.05) is 11.7 Å². The smallest absolute Gasteiger partial charge is 0.294 e. The molecule has 7 heteroatoms. The number of amides is 2. The van der Waals surface area contributed by atoms with Crippen molar-refractivity contribution in [1.82, 2.24) is 5.32 Å². The summed E-state index contributed by atoms with van der Waals surface area (Å²) in [5.41, 5.74) is 1.19. The van der Waals surface area contributed by atoms with E-state index in [9.17, 15) is 9.59 Å². The minimum Gasteiger partial charge on any atom is -0.493 e. The highest BCUT2D eigenvalue weighted by Crippen LogP contribution is 2.35. The molecule has 1 atom stereocenters. The van der Waals surface area contributed by atoms with E-state index in [2.05, 4.69) is 5.32 Å². The third kappa shape index (κ3) is 4.87. The molecule has 1 fully saturated rings. The first-order valence-corrected chi connectivity index (χ1v) is 11.1. The van der Waals surface area contributed by atoms with Crippen LogP contribution in [0.25, 0.3) is 0 Å². The highest BCUT2D eigenvalue weighted by Gasteiger charge is 2.36. The van der Waals surface area contributed by atoms with Crippen LogP contribution in [0.1, 0.15) is 47.8 Å². The fourth-order valence-electron chi connectivity index (χ4n) is 4.28. The molecule has 0 spiro atoms. The third-order valence-electron chi connectivity index (χ3n) is 5.92. The maximum Gasteiger partial charge on any atom is 0.294 e. The first-order valence-electron chi connectivity index (χ1n) is 11.1. The highest BCUT2D eigenvalue weighted by molar-refractivity contribution is 6.08. The van der Waals surface area contributed by atoms with Gasteiger partial charge in [0.25, 0.3) is 5.91 Å². The molecule has 172 valence electrons. The first-order chi connectivity index (χ1) is 16.1. The molecule has 2 aromatic carbocycles. The van der Waals surface area contributed by atoms with Gasteiger partial charge < -0.3 is 19.2 Å². The summed E-state index contributed by atoms with van der Waals surface area (Å²) in [6.07, 6.45) is 5.48. The summed E-state index contributed by atoms with van der Waals surface area (Å²) >= 11 is 0. The first kappa shape index (κ1) is 22.5. The largest absolute Gasteiger partial charge is 0.493 e. The summed E-state index contributed by atoms with van der Waals surface area (Å²) < 4.78 is 16.3. The summed E-state index contributed by atoms with van der Waals surface area (Å²) in [6.45, 7) is 0. The Hall–Kier alpha value is -3.74. The number of carbonyl (C=O) groups excluding carboxylic acids is 2. The minimum atomic E-state index is -0.939. The van der Waals surface area contributed by atoms with E-state index in [0.717, 1.165) is 25.7 Å². The number of hydrogen-bond donors (Lipinski definition) is 1. The average Bonchev–Trinajstić information content (AvgIpc) is 3.57. The molecule has 1 saturated carbocycles. The van der Waals surface area contributed by atoms with Crippen molar-refractivity contribution in [2.24, 2.45) is 0 Å². The topological polar surface area (TPSA) is 81.0 Å². The Bertz CT molecular complexity index is 1080. The lowest BCUT2D eigenvalue weighted by Crippen LogP contribution is -2.46. The van der Waals surface area contributed by atoms with Gasteiger partial charge in [0.15, 0.2) is 17.3 Å². The van der Waals surface area contributed by atoms with Crippen molar-refractivity contribution in [3.8, 4) is 11.5 Å². The maximum absolute atomic E-state index is 13.7. The van der Waals surface area contributed by atoms with E-state index < -0.39 is 11.9 Å². The zero-order chi connectivity index (χ0) is 23.2. The van der Waals surface area contributed by atoms with Crippen LogP contribution in [0, 0.1) is 0 Å². The number of ether oxygens (including phenoxy) is 2. The van der Waals surface area contributed by atoms with Crippen LogP contribution in [0.4, 0.5) is 5.69 Å². The number of anilines is 1. The molecule has 1 aliphatic rings. The van der Waals surface area contributed by atoms with Crippen LogP contribution in [0.15, 0.2) is 71.3 Å². The zero-order valence-electron chi connectivity index (χ0n) is 18.8. The molecule has 1 aromatic heterocycles. The molecule has 2 amide bonds. The number of hydrogen-bond acceptors (Lipinski definition) is 5. The van der Waals surface area contributed by atoms with Crippen LogP contribution in [-0.4, -0.2) is 32.1 Å². The molecule has 0 radical (unpaired) electrons. The molecule has 1 heterocycles. The molecule has 0 unspecified atom stereocenters. The van der Waals surface area contributed by atoms with Gasteiger partial charge in [0.2, 0.25) is 5.91 Å². The summed E-state index contributed by atoms with van der Waals surface area (Å²) in [4.78, 5) is 28.8. The molecule has 33 heavy (non-hydrogen) atoms. The Balaban J connectivity index is 1.82. The average molecular weight is 449 g/mol. The third-order valence-corrected chi connectivity index (χ3v) is 5.92. The Morgan fingerprint density at radius 1 is 0.970 bits per heavy atom. The summed E-state index contributed by atoms with van der Waals surface area (Å²) in [7, 11) is 3.09. The number of furan rings is 1. The van der Waals surface area contributed by atoms with Gasteiger partial charge in [0.05, 0.1) is 20.5 Å². The fourth-order valence-corrected chi connectivity index (χ4v) is 4.28. The lowest BCUT2D eigenvalue weighted by atomic mass is 10.0. The van der Waals surface area contributed by atoms with Gasteiger partial charge >= 0.3 is 0 Å². The number of para-hydroxylation sites is 1. The van der Waals surface area contributed by atoms with Crippen molar-refractivity contribution >= 4 is 17.5 Å². The predicted octanol–water partition coefficient (Wildman–Crippen LogP) is 4.74. The van der Waals surface area contributed by atoms with E-state index >= 15 is 0 Å². The Labute approximate surface area is 193 Å². The second-order valence-electron chi connectivity index (χ2n) is 7.99. The molecule has 0 bridgehead atoms. The molecule has 7 nitrogen and oxygen atoms in total. The van der Waals surface area contributed by atoms with Gasteiger partial charge in [-0.2, -0.15) is 0 Å². The second kappa shape index (κ2) is 10.3. The van der Waals surface area contributed by atoms with Crippen molar-refractivity contribution in [1.29, 1.82) is 0 Å². The highest BCUT2D eigenvalue weighted by atomic mass is 16.5. The van der Waals surface area contributed by atoms with Crippen LogP contribution >= 0.6 is 0 Å². The normalized spacial score (nSPS) is 14.5.